The molecule has 1 atom stereocenters. The first-order valence-corrected chi connectivity index (χ1v) is 10.6. The second-order valence-corrected chi connectivity index (χ2v) is 8.24. The summed E-state index contributed by atoms with van der Waals surface area (Å²) in [5, 5.41) is 4.56. The fourth-order valence-corrected chi connectivity index (χ4v) is 3.92. The summed E-state index contributed by atoms with van der Waals surface area (Å²) >= 11 is 7.87. The van der Waals surface area contributed by atoms with Crippen LogP contribution in [0.1, 0.15) is 17.4 Å². The average Bonchev–Trinajstić information content (AvgIpc) is 3.16. The smallest absolute Gasteiger partial charge is 0.142 e. The van der Waals surface area contributed by atoms with Gasteiger partial charge in [0.1, 0.15) is 35.1 Å². The molecule has 3 N–H and O–H groups in total. The molecule has 0 fully saturated rings. The van der Waals surface area contributed by atoms with Crippen LogP contribution in [0.25, 0.3) is 10.2 Å². The lowest BCUT2D eigenvalue weighted by molar-refractivity contribution is 0.306. The largest absolute Gasteiger partial charge is 0.487 e. The molecule has 156 valence electrons. The fourth-order valence-electron chi connectivity index (χ4n) is 2.82. The Labute approximate surface area is 188 Å². The maximum absolute atomic E-state index is 13.3. The standard InChI is InChI=1S/C23H18ClFN4OS/c1-14(26)5-7-18-11-19-22(27-13-28-23(19)31-18)29-17-6-8-21(20(24)10-17)30-12-15-3-2-4-16(25)9-15/h2-4,6,8-11,13-14H,12,26H2,1H3,(H,27,28,29)/t14-/m1/s1. The van der Waals surface area contributed by atoms with Crippen LogP contribution in [0.4, 0.5) is 15.9 Å². The van der Waals surface area contributed by atoms with Gasteiger partial charge >= 0.3 is 0 Å². The molecule has 0 aliphatic rings. The van der Waals surface area contributed by atoms with Gasteiger partial charge in [-0.1, -0.05) is 35.6 Å². The Morgan fingerprint density at radius 3 is 2.87 bits per heavy atom. The maximum atomic E-state index is 13.3. The number of nitrogens with one attached hydrogen (secondary N) is 1. The molecule has 0 aliphatic heterocycles. The van der Waals surface area contributed by atoms with Gasteiger partial charge in [-0.2, -0.15) is 0 Å². The van der Waals surface area contributed by atoms with E-state index in [0.717, 1.165) is 26.3 Å². The summed E-state index contributed by atoms with van der Waals surface area (Å²) in [5.41, 5.74) is 7.18. The van der Waals surface area contributed by atoms with Crippen LogP contribution in [0.2, 0.25) is 5.02 Å². The minimum absolute atomic E-state index is 0.197. The van der Waals surface area contributed by atoms with Gasteiger partial charge in [0.25, 0.3) is 0 Å². The lowest BCUT2D eigenvalue weighted by atomic mass is 10.2. The van der Waals surface area contributed by atoms with E-state index in [9.17, 15) is 4.39 Å². The zero-order valence-corrected chi connectivity index (χ0v) is 18.1. The van der Waals surface area contributed by atoms with Crippen LogP contribution >= 0.6 is 22.9 Å². The van der Waals surface area contributed by atoms with Crippen molar-refractivity contribution in [2.45, 2.75) is 19.6 Å². The van der Waals surface area contributed by atoms with Crippen molar-refractivity contribution in [1.82, 2.24) is 9.97 Å². The summed E-state index contributed by atoms with van der Waals surface area (Å²) in [5.74, 6) is 6.87. The predicted octanol–water partition coefficient (Wildman–Crippen LogP) is 5.51. The molecular weight excluding hydrogens is 435 g/mol. The molecule has 0 radical (unpaired) electrons. The minimum Gasteiger partial charge on any atom is -0.487 e. The first kappa shape index (κ1) is 21.1. The number of nitrogens with two attached hydrogens (primary N) is 1. The van der Waals surface area contributed by atoms with Crippen LogP contribution in [0, 0.1) is 17.7 Å². The molecule has 8 heteroatoms. The first-order chi connectivity index (χ1) is 15.0. The predicted molar refractivity (Wildman–Crippen MR) is 123 cm³/mol. The Kier molecular flexibility index (Phi) is 6.33. The third kappa shape index (κ3) is 5.30. The van der Waals surface area contributed by atoms with Gasteiger partial charge in [-0.15, -0.1) is 11.3 Å². The van der Waals surface area contributed by atoms with E-state index in [1.807, 2.05) is 19.1 Å². The van der Waals surface area contributed by atoms with Crippen LogP contribution in [-0.2, 0) is 6.61 Å². The number of halogens is 2. The summed E-state index contributed by atoms with van der Waals surface area (Å²) in [7, 11) is 0. The lowest BCUT2D eigenvalue weighted by Gasteiger charge is -2.11. The van der Waals surface area contributed by atoms with Gasteiger partial charge in [0.2, 0.25) is 0 Å². The molecule has 0 saturated heterocycles. The number of benzene rings is 2. The molecule has 2 heterocycles. The van der Waals surface area contributed by atoms with Crippen LogP contribution < -0.4 is 15.8 Å². The van der Waals surface area contributed by atoms with Crippen molar-refractivity contribution in [3.05, 3.63) is 76.1 Å². The van der Waals surface area contributed by atoms with Crippen molar-refractivity contribution in [3.8, 4) is 17.6 Å². The number of ether oxygens (including phenoxy) is 1. The van der Waals surface area contributed by atoms with E-state index >= 15 is 0 Å². The Bertz CT molecular complexity index is 1300. The highest BCUT2D eigenvalue weighted by atomic mass is 35.5. The van der Waals surface area contributed by atoms with E-state index in [-0.39, 0.29) is 18.5 Å². The summed E-state index contributed by atoms with van der Waals surface area (Å²) in [6, 6.07) is 13.3. The highest BCUT2D eigenvalue weighted by molar-refractivity contribution is 7.19. The van der Waals surface area contributed by atoms with Crippen molar-refractivity contribution >= 4 is 44.7 Å². The molecule has 2 aromatic carbocycles. The topological polar surface area (TPSA) is 73.1 Å². The highest BCUT2D eigenvalue weighted by Gasteiger charge is 2.10. The first-order valence-electron chi connectivity index (χ1n) is 9.43. The second-order valence-electron chi connectivity index (χ2n) is 6.80. The van der Waals surface area contributed by atoms with Crippen LogP contribution in [0.3, 0.4) is 0 Å². The Hall–Kier alpha value is -3.18. The van der Waals surface area contributed by atoms with Crippen molar-refractivity contribution in [1.29, 1.82) is 0 Å². The van der Waals surface area contributed by atoms with E-state index in [1.165, 1.54) is 29.8 Å². The summed E-state index contributed by atoms with van der Waals surface area (Å²) < 4.78 is 19.0. The number of nitrogens with zero attached hydrogens (tertiary/aromatic N) is 2. The van der Waals surface area contributed by atoms with Crippen molar-refractivity contribution in [2.75, 3.05) is 5.32 Å². The monoisotopic (exact) mass is 452 g/mol. The molecule has 2 aromatic heterocycles. The van der Waals surface area contributed by atoms with Gasteiger partial charge in [-0.3, -0.25) is 0 Å². The third-order valence-corrected chi connectivity index (χ3v) is 5.48. The second kappa shape index (κ2) is 9.31. The molecule has 4 aromatic rings. The quantitative estimate of drug-likeness (QED) is 0.391. The van der Waals surface area contributed by atoms with Gasteiger partial charge in [0.15, 0.2) is 0 Å². The van der Waals surface area contributed by atoms with Crippen molar-refractivity contribution in [3.63, 3.8) is 0 Å². The molecule has 0 unspecified atom stereocenters. The number of hydrogen-bond donors (Lipinski definition) is 2. The third-order valence-electron chi connectivity index (χ3n) is 4.23. The van der Waals surface area contributed by atoms with Gasteiger partial charge in [-0.25, -0.2) is 14.4 Å². The number of thiophene rings is 1. The van der Waals surface area contributed by atoms with Gasteiger partial charge in [-0.05, 0) is 48.9 Å². The van der Waals surface area contributed by atoms with E-state index < -0.39 is 0 Å². The summed E-state index contributed by atoms with van der Waals surface area (Å²) in [6.07, 6.45) is 1.50. The fraction of sp³-hybridized carbons (Fsp3) is 0.130. The van der Waals surface area contributed by atoms with Gasteiger partial charge in [0.05, 0.1) is 21.3 Å². The molecule has 5 nitrogen and oxygen atoms in total. The van der Waals surface area contributed by atoms with Crippen LogP contribution in [0.15, 0.2) is 54.9 Å². The molecular formula is C23H18ClFN4OS. The van der Waals surface area contributed by atoms with Crippen molar-refractivity contribution < 1.29 is 9.13 Å². The molecule has 0 amide bonds. The Morgan fingerprint density at radius 1 is 1.23 bits per heavy atom. The Balaban J connectivity index is 1.51. The maximum Gasteiger partial charge on any atom is 0.142 e. The van der Waals surface area contributed by atoms with Crippen molar-refractivity contribution in [2.24, 2.45) is 5.73 Å². The van der Waals surface area contributed by atoms with E-state index in [0.29, 0.717) is 16.6 Å². The summed E-state index contributed by atoms with van der Waals surface area (Å²) in [4.78, 5) is 10.4. The van der Waals surface area contributed by atoms with E-state index in [4.69, 9.17) is 22.1 Å². The minimum atomic E-state index is -0.303. The van der Waals surface area contributed by atoms with Crippen LogP contribution in [0.5, 0.6) is 5.75 Å². The van der Waals surface area contributed by atoms with E-state index in [2.05, 4.69) is 27.1 Å². The number of anilines is 2. The molecule has 0 aliphatic carbocycles. The number of hydrogen-bond acceptors (Lipinski definition) is 6. The lowest BCUT2D eigenvalue weighted by Crippen LogP contribution is -2.10. The normalized spacial score (nSPS) is 11.6. The Morgan fingerprint density at radius 2 is 2.10 bits per heavy atom. The zero-order valence-electron chi connectivity index (χ0n) is 16.5. The number of aromatic nitrogens is 2. The van der Waals surface area contributed by atoms with Gasteiger partial charge in [0, 0.05) is 5.69 Å². The number of fused-ring (bicyclic) bond motifs is 1. The number of rotatable bonds is 5. The average molecular weight is 453 g/mol. The van der Waals surface area contributed by atoms with Crippen LogP contribution in [-0.4, -0.2) is 16.0 Å². The van der Waals surface area contributed by atoms with E-state index in [1.54, 1.807) is 24.3 Å². The molecule has 0 saturated carbocycles. The molecule has 0 spiro atoms. The highest BCUT2D eigenvalue weighted by Crippen LogP contribution is 2.33. The summed E-state index contributed by atoms with van der Waals surface area (Å²) in [6.45, 7) is 2.05. The zero-order chi connectivity index (χ0) is 21.8. The molecule has 0 bridgehead atoms. The van der Waals surface area contributed by atoms with Gasteiger partial charge < -0.3 is 15.8 Å². The molecule has 4 rings (SSSR count). The SMILES string of the molecule is C[C@@H](N)C#Cc1cc2c(Nc3ccc(OCc4cccc(F)c4)c(Cl)c3)ncnc2s1. The molecule has 31 heavy (non-hydrogen) atoms.